The Bertz CT molecular complexity index is 457. The van der Waals surface area contributed by atoms with Crippen LogP contribution < -0.4 is 0 Å². The van der Waals surface area contributed by atoms with Gasteiger partial charge in [0.1, 0.15) is 6.61 Å². The minimum Gasteiger partial charge on any atom is -0.447 e. The van der Waals surface area contributed by atoms with Gasteiger partial charge in [-0.15, -0.1) is 0 Å². The fourth-order valence-corrected chi connectivity index (χ4v) is 2.64. The second-order valence-electron chi connectivity index (χ2n) is 4.54. The van der Waals surface area contributed by atoms with Crippen LogP contribution in [-0.2, 0) is 9.53 Å². The maximum Gasteiger partial charge on any atom is 0.416 e. The zero-order chi connectivity index (χ0) is 11.8. The SMILES string of the molecule is O=C1C[C@@H](c2ccccc2)C[C@H]2COC(=O)N12. The Kier molecular flexibility index (Phi) is 2.35. The number of cyclic esters (lactones) is 1. The van der Waals surface area contributed by atoms with E-state index in [1.807, 2.05) is 30.3 Å². The van der Waals surface area contributed by atoms with Crippen molar-refractivity contribution in [1.82, 2.24) is 4.90 Å². The summed E-state index contributed by atoms with van der Waals surface area (Å²) in [5.74, 6) is 0.0945. The van der Waals surface area contributed by atoms with E-state index in [1.165, 1.54) is 10.5 Å². The first-order valence-corrected chi connectivity index (χ1v) is 5.79. The molecule has 88 valence electrons. The molecule has 0 aliphatic carbocycles. The molecular formula is C13H13NO3. The summed E-state index contributed by atoms with van der Waals surface area (Å²) in [6.07, 6.45) is 0.725. The molecule has 17 heavy (non-hydrogen) atoms. The van der Waals surface area contributed by atoms with Crippen molar-refractivity contribution in [2.24, 2.45) is 0 Å². The lowest BCUT2D eigenvalue weighted by atomic mass is 9.85. The van der Waals surface area contributed by atoms with Crippen molar-refractivity contribution in [2.45, 2.75) is 24.8 Å². The normalized spacial score (nSPS) is 27.9. The summed E-state index contributed by atoms with van der Waals surface area (Å²) >= 11 is 0. The number of carbonyl (C=O) groups is 2. The minimum absolute atomic E-state index is 0.0750. The van der Waals surface area contributed by atoms with Crippen molar-refractivity contribution in [2.75, 3.05) is 6.61 Å². The highest BCUT2D eigenvalue weighted by atomic mass is 16.6. The maximum absolute atomic E-state index is 11.9. The lowest BCUT2D eigenvalue weighted by Gasteiger charge is -2.30. The summed E-state index contributed by atoms with van der Waals surface area (Å²) in [6, 6.07) is 9.90. The van der Waals surface area contributed by atoms with Crippen molar-refractivity contribution in [3.05, 3.63) is 35.9 Å². The van der Waals surface area contributed by atoms with Gasteiger partial charge in [0, 0.05) is 6.42 Å². The molecule has 4 nitrogen and oxygen atoms in total. The number of carbonyl (C=O) groups excluding carboxylic acids is 2. The highest BCUT2D eigenvalue weighted by Gasteiger charge is 2.43. The third-order valence-corrected chi connectivity index (χ3v) is 3.48. The summed E-state index contributed by atoms with van der Waals surface area (Å²) < 4.78 is 4.92. The van der Waals surface area contributed by atoms with Crippen molar-refractivity contribution in [3.63, 3.8) is 0 Å². The second-order valence-corrected chi connectivity index (χ2v) is 4.54. The van der Waals surface area contributed by atoms with E-state index in [1.54, 1.807) is 0 Å². The fourth-order valence-electron chi connectivity index (χ4n) is 2.64. The first-order valence-electron chi connectivity index (χ1n) is 5.79. The average molecular weight is 231 g/mol. The molecular weight excluding hydrogens is 218 g/mol. The molecule has 1 aromatic carbocycles. The molecule has 0 radical (unpaired) electrons. The summed E-state index contributed by atoms with van der Waals surface area (Å²) in [5.41, 5.74) is 1.17. The third-order valence-electron chi connectivity index (χ3n) is 3.48. The van der Waals surface area contributed by atoms with Crippen LogP contribution in [0, 0.1) is 0 Å². The van der Waals surface area contributed by atoms with E-state index < -0.39 is 6.09 Å². The monoisotopic (exact) mass is 231 g/mol. The Hall–Kier alpha value is -1.84. The maximum atomic E-state index is 11.9. The highest BCUT2D eigenvalue weighted by molar-refractivity contribution is 5.94. The Balaban J connectivity index is 1.84. The van der Waals surface area contributed by atoms with Crippen LogP contribution in [0.1, 0.15) is 24.3 Å². The van der Waals surface area contributed by atoms with Gasteiger partial charge in [-0.2, -0.15) is 0 Å². The van der Waals surface area contributed by atoms with Gasteiger partial charge in [0.05, 0.1) is 6.04 Å². The van der Waals surface area contributed by atoms with Gasteiger partial charge in [0.15, 0.2) is 0 Å². The number of nitrogens with zero attached hydrogens (tertiary/aromatic N) is 1. The molecule has 0 spiro atoms. The molecule has 0 unspecified atom stereocenters. The molecule has 2 fully saturated rings. The van der Waals surface area contributed by atoms with Crippen LogP contribution in [0.5, 0.6) is 0 Å². The van der Waals surface area contributed by atoms with Gasteiger partial charge >= 0.3 is 6.09 Å². The number of rotatable bonds is 1. The van der Waals surface area contributed by atoms with Crippen LogP contribution in [0.4, 0.5) is 4.79 Å². The largest absolute Gasteiger partial charge is 0.447 e. The van der Waals surface area contributed by atoms with Gasteiger partial charge < -0.3 is 4.74 Å². The summed E-state index contributed by atoms with van der Waals surface area (Å²) in [7, 11) is 0. The number of imide groups is 1. The predicted molar refractivity (Wildman–Crippen MR) is 60.4 cm³/mol. The molecule has 2 amide bonds. The number of fused-ring (bicyclic) bond motifs is 1. The number of hydrogen-bond donors (Lipinski definition) is 0. The van der Waals surface area contributed by atoms with Crippen molar-refractivity contribution >= 4 is 12.0 Å². The standard InChI is InChI=1S/C13H13NO3/c15-12-7-10(9-4-2-1-3-5-9)6-11-8-17-13(16)14(11)12/h1-5,10-11H,6-8H2/t10-,11-/m0/s1. The van der Waals surface area contributed by atoms with E-state index in [-0.39, 0.29) is 17.9 Å². The predicted octanol–water partition coefficient (Wildman–Crippen LogP) is 1.91. The molecule has 2 saturated heterocycles. The van der Waals surface area contributed by atoms with E-state index in [4.69, 9.17) is 4.74 Å². The average Bonchev–Trinajstić information content (AvgIpc) is 2.73. The van der Waals surface area contributed by atoms with Crippen molar-refractivity contribution in [3.8, 4) is 0 Å². The van der Waals surface area contributed by atoms with E-state index in [2.05, 4.69) is 0 Å². The molecule has 0 aromatic heterocycles. The Labute approximate surface area is 99.2 Å². The topological polar surface area (TPSA) is 46.6 Å². The number of hydrogen-bond acceptors (Lipinski definition) is 3. The molecule has 2 aliphatic heterocycles. The van der Waals surface area contributed by atoms with Gasteiger partial charge in [-0.05, 0) is 17.9 Å². The minimum atomic E-state index is -0.480. The van der Waals surface area contributed by atoms with Crippen LogP contribution in [0.2, 0.25) is 0 Å². The third kappa shape index (κ3) is 1.69. The summed E-state index contributed by atoms with van der Waals surface area (Å²) in [4.78, 5) is 24.5. The Morgan fingerprint density at radius 2 is 1.94 bits per heavy atom. The molecule has 0 bridgehead atoms. The number of piperidine rings is 1. The molecule has 2 atom stereocenters. The van der Waals surface area contributed by atoms with Gasteiger partial charge in [-0.1, -0.05) is 30.3 Å². The van der Waals surface area contributed by atoms with E-state index in [0.717, 1.165) is 6.42 Å². The van der Waals surface area contributed by atoms with E-state index >= 15 is 0 Å². The fraction of sp³-hybridized carbons (Fsp3) is 0.385. The molecule has 0 N–H and O–H groups in total. The van der Waals surface area contributed by atoms with Crippen LogP contribution in [0.15, 0.2) is 30.3 Å². The zero-order valence-electron chi connectivity index (χ0n) is 9.33. The number of amides is 2. The lowest BCUT2D eigenvalue weighted by Crippen LogP contribution is -2.44. The zero-order valence-corrected chi connectivity index (χ0v) is 9.33. The van der Waals surface area contributed by atoms with Crippen LogP contribution >= 0.6 is 0 Å². The van der Waals surface area contributed by atoms with E-state index in [0.29, 0.717) is 13.0 Å². The second kappa shape index (κ2) is 3.87. The first-order chi connectivity index (χ1) is 8.25. The van der Waals surface area contributed by atoms with Crippen LogP contribution in [-0.4, -0.2) is 29.5 Å². The Morgan fingerprint density at radius 3 is 2.71 bits per heavy atom. The molecule has 0 saturated carbocycles. The van der Waals surface area contributed by atoms with Gasteiger partial charge in [-0.3, -0.25) is 4.79 Å². The lowest BCUT2D eigenvalue weighted by molar-refractivity contribution is -0.131. The summed E-state index contributed by atoms with van der Waals surface area (Å²) in [5, 5.41) is 0. The molecule has 3 rings (SSSR count). The van der Waals surface area contributed by atoms with Gasteiger partial charge in [0.25, 0.3) is 0 Å². The number of benzene rings is 1. The molecule has 4 heteroatoms. The van der Waals surface area contributed by atoms with Gasteiger partial charge in [0.2, 0.25) is 5.91 Å². The quantitative estimate of drug-likeness (QED) is 0.741. The molecule has 1 aromatic rings. The smallest absolute Gasteiger partial charge is 0.416 e. The molecule has 2 aliphatic rings. The summed E-state index contributed by atoms with van der Waals surface area (Å²) in [6.45, 7) is 0.341. The van der Waals surface area contributed by atoms with E-state index in [9.17, 15) is 9.59 Å². The molecule has 2 heterocycles. The van der Waals surface area contributed by atoms with Crippen LogP contribution in [0.3, 0.4) is 0 Å². The van der Waals surface area contributed by atoms with Crippen molar-refractivity contribution < 1.29 is 14.3 Å². The first kappa shape index (κ1) is 10.3. The number of ether oxygens (including phenoxy) is 1. The van der Waals surface area contributed by atoms with Crippen LogP contribution in [0.25, 0.3) is 0 Å². The van der Waals surface area contributed by atoms with Crippen molar-refractivity contribution in [1.29, 1.82) is 0 Å². The van der Waals surface area contributed by atoms with Gasteiger partial charge in [-0.25, -0.2) is 9.69 Å². The highest BCUT2D eigenvalue weighted by Crippen LogP contribution is 2.34. The Morgan fingerprint density at radius 1 is 1.18 bits per heavy atom.